The van der Waals surface area contributed by atoms with Crippen LogP contribution in [0.5, 0.6) is 0 Å². The minimum atomic E-state index is -1.07. The van der Waals surface area contributed by atoms with Gasteiger partial charge in [-0.1, -0.05) is 34.9 Å². The van der Waals surface area contributed by atoms with Crippen molar-refractivity contribution in [3.63, 3.8) is 0 Å². The monoisotopic (exact) mass is 496 g/mol. The van der Waals surface area contributed by atoms with Gasteiger partial charge in [0.1, 0.15) is 11.6 Å². The van der Waals surface area contributed by atoms with Crippen molar-refractivity contribution < 1.29 is 24.2 Å². The van der Waals surface area contributed by atoms with E-state index in [1.165, 1.54) is 28.5 Å². The zero-order valence-electron chi connectivity index (χ0n) is 22.0. The Morgan fingerprint density at radius 1 is 0.941 bits per heavy atom. The van der Waals surface area contributed by atoms with Crippen molar-refractivity contribution in [2.24, 2.45) is 0 Å². The molecule has 194 valence electrons. The molecule has 7 nitrogen and oxygen atoms in total. The van der Waals surface area contributed by atoms with E-state index in [0.717, 1.165) is 25.7 Å². The first kappa shape index (κ1) is 31.8. The van der Waals surface area contributed by atoms with E-state index >= 15 is 0 Å². The van der Waals surface area contributed by atoms with Crippen LogP contribution in [0.25, 0.3) is 0 Å². The first-order chi connectivity index (χ1) is 15.8. The Morgan fingerprint density at radius 2 is 1.53 bits per heavy atom. The van der Waals surface area contributed by atoms with Crippen LogP contribution in [0.3, 0.4) is 0 Å². The number of carbonyl (C=O) groups is 3. The van der Waals surface area contributed by atoms with E-state index in [1.54, 1.807) is 20.8 Å². The van der Waals surface area contributed by atoms with Gasteiger partial charge in [0, 0.05) is 24.5 Å². The van der Waals surface area contributed by atoms with Gasteiger partial charge >= 0.3 is 12.1 Å². The van der Waals surface area contributed by atoms with Crippen LogP contribution in [-0.2, 0) is 14.3 Å². The summed E-state index contributed by atoms with van der Waals surface area (Å²) in [6, 6.07) is -0.973. The van der Waals surface area contributed by atoms with E-state index in [1.807, 2.05) is 0 Å². The highest BCUT2D eigenvalue weighted by atomic mass is 32.2. The molecule has 0 fully saturated rings. The Morgan fingerprint density at radius 3 is 2.09 bits per heavy atom. The van der Waals surface area contributed by atoms with E-state index in [4.69, 9.17) is 4.74 Å². The number of hydrogen-bond donors (Lipinski definition) is 3. The summed E-state index contributed by atoms with van der Waals surface area (Å²) in [6.07, 6.45) is 10.2. The molecule has 0 saturated heterocycles. The molecule has 8 heteroatoms. The summed E-state index contributed by atoms with van der Waals surface area (Å²) in [5.41, 5.74) is 3.40. The molecule has 0 aliphatic carbocycles. The molecule has 0 unspecified atom stereocenters. The molecule has 2 amide bonds. The molecule has 0 radical (unpaired) electrons. The van der Waals surface area contributed by atoms with Gasteiger partial charge in [-0.05, 0) is 74.1 Å². The SMILES string of the molecule is CC(C)=CCCC(C)=CCCC(C)=CCSC[C@H](NC(=O)CCNC(=O)OC(C)(C)C)C(=O)O. The molecular weight excluding hydrogens is 452 g/mol. The summed E-state index contributed by atoms with van der Waals surface area (Å²) >= 11 is 1.47. The zero-order valence-corrected chi connectivity index (χ0v) is 22.8. The summed E-state index contributed by atoms with van der Waals surface area (Å²) in [5.74, 6) is -0.541. The van der Waals surface area contributed by atoms with Crippen molar-refractivity contribution in [3.05, 3.63) is 34.9 Å². The molecule has 0 aliphatic heterocycles. The second-order valence-electron chi connectivity index (χ2n) is 9.63. The number of carboxylic acid groups (broad SMARTS) is 1. The van der Waals surface area contributed by atoms with Gasteiger partial charge in [0.25, 0.3) is 0 Å². The number of thioether (sulfide) groups is 1. The topological polar surface area (TPSA) is 105 Å². The maximum atomic E-state index is 12.0. The third-order valence-electron chi connectivity index (χ3n) is 4.61. The van der Waals surface area contributed by atoms with E-state index in [9.17, 15) is 19.5 Å². The summed E-state index contributed by atoms with van der Waals surface area (Å²) in [6.45, 7) is 13.8. The summed E-state index contributed by atoms with van der Waals surface area (Å²) < 4.78 is 5.09. The molecule has 0 aliphatic rings. The normalized spacial score (nSPS) is 13.1. The van der Waals surface area contributed by atoms with Crippen molar-refractivity contribution in [2.75, 3.05) is 18.1 Å². The van der Waals surface area contributed by atoms with Crippen LogP contribution in [-0.4, -0.2) is 52.8 Å². The van der Waals surface area contributed by atoms with Crippen molar-refractivity contribution >= 4 is 29.7 Å². The Hall–Kier alpha value is -2.22. The molecule has 34 heavy (non-hydrogen) atoms. The lowest BCUT2D eigenvalue weighted by Crippen LogP contribution is -2.43. The number of aliphatic carboxylic acids is 1. The van der Waals surface area contributed by atoms with Crippen LogP contribution < -0.4 is 10.6 Å². The Balaban J connectivity index is 4.25. The van der Waals surface area contributed by atoms with Crippen LogP contribution in [0.2, 0.25) is 0 Å². The second-order valence-corrected chi connectivity index (χ2v) is 10.7. The summed E-state index contributed by atoms with van der Waals surface area (Å²) in [4.78, 5) is 35.1. The van der Waals surface area contributed by atoms with E-state index in [0.29, 0.717) is 5.75 Å². The fourth-order valence-electron chi connectivity index (χ4n) is 2.76. The van der Waals surface area contributed by atoms with Gasteiger partial charge in [-0.3, -0.25) is 4.79 Å². The van der Waals surface area contributed by atoms with Crippen molar-refractivity contribution in [2.45, 2.75) is 92.2 Å². The minimum absolute atomic E-state index is 0.0199. The zero-order chi connectivity index (χ0) is 26.1. The minimum Gasteiger partial charge on any atom is -0.480 e. The standard InChI is InChI=1S/C26H44N2O5S/c1-19(2)10-8-11-20(3)12-9-13-21(4)15-17-34-18-22(24(30)31)28-23(29)14-16-27-25(32)33-26(5,6)7/h10,12,15,22H,8-9,11,13-14,16-18H2,1-7H3,(H,27,32)(H,28,29)(H,30,31)/t22-/m0/s1. The number of carboxylic acids is 1. The van der Waals surface area contributed by atoms with Gasteiger partial charge in [-0.15, -0.1) is 0 Å². The summed E-state index contributed by atoms with van der Waals surface area (Å²) in [7, 11) is 0. The van der Waals surface area contributed by atoms with E-state index < -0.39 is 29.6 Å². The molecular formula is C26H44N2O5S. The van der Waals surface area contributed by atoms with Gasteiger partial charge in [-0.2, -0.15) is 11.8 Å². The lowest BCUT2D eigenvalue weighted by molar-refractivity contribution is -0.141. The quantitative estimate of drug-likeness (QED) is 0.201. The van der Waals surface area contributed by atoms with Crippen molar-refractivity contribution in [3.8, 4) is 0 Å². The second kappa shape index (κ2) is 17.2. The van der Waals surface area contributed by atoms with Gasteiger partial charge in [-0.25, -0.2) is 9.59 Å². The number of nitrogens with one attached hydrogen (secondary N) is 2. The number of allylic oxidation sites excluding steroid dienone is 5. The number of hydrogen-bond acceptors (Lipinski definition) is 5. The largest absolute Gasteiger partial charge is 0.480 e. The molecule has 1 atom stereocenters. The van der Waals surface area contributed by atoms with Crippen LogP contribution in [0.15, 0.2) is 34.9 Å². The van der Waals surface area contributed by atoms with Crippen LogP contribution >= 0.6 is 11.8 Å². The third kappa shape index (κ3) is 19.3. The molecule has 0 saturated carbocycles. The predicted molar refractivity (Wildman–Crippen MR) is 141 cm³/mol. The highest BCUT2D eigenvalue weighted by Gasteiger charge is 2.20. The van der Waals surface area contributed by atoms with Gasteiger partial charge in [0.2, 0.25) is 5.91 Å². The Labute approximate surface area is 209 Å². The van der Waals surface area contributed by atoms with Crippen molar-refractivity contribution in [1.82, 2.24) is 10.6 Å². The highest BCUT2D eigenvalue weighted by Crippen LogP contribution is 2.13. The molecule has 0 aromatic rings. The molecule has 0 bridgehead atoms. The first-order valence-corrected chi connectivity index (χ1v) is 13.0. The molecule has 3 N–H and O–H groups in total. The average molecular weight is 497 g/mol. The maximum absolute atomic E-state index is 12.0. The number of rotatable bonds is 15. The van der Waals surface area contributed by atoms with Crippen molar-refractivity contribution in [1.29, 1.82) is 0 Å². The maximum Gasteiger partial charge on any atom is 0.407 e. The Bertz CT molecular complexity index is 747. The molecule has 0 rings (SSSR count). The van der Waals surface area contributed by atoms with Gasteiger partial charge < -0.3 is 20.5 Å². The molecule has 0 aromatic carbocycles. The lowest BCUT2D eigenvalue weighted by atomic mass is 10.1. The molecule has 0 aromatic heterocycles. The number of carbonyl (C=O) groups excluding carboxylic acids is 2. The fourth-order valence-corrected chi connectivity index (χ4v) is 3.76. The lowest BCUT2D eigenvalue weighted by Gasteiger charge is -2.19. The third-order valence-corrected chi connectivity index (χ3v) is 5.58. The van der Waals surface area contributed by atoms with Gasteiger partial charge in [0.15, 0.2) is 0 Å². The average Bonchev–Trinajstić information content (AvgIpc) is 2.68. The molecule has 0 heterocycles. The van der Waals surface area contributed by atoms with Crippen LogP contribution in [0.1, 0.15) is 80.6 Å². The highest BCUT2D eigenvalue weighted by molar-refractivity contribution is 7.99. The fraction of sp³-hybridized carbons (Fsp3) is 0.654. The number of ether oxygens (including phenoxy) is 1. The Kier molecular flexibility index (Phi) is 16.1. The predicted octanol–water partition coefficient (Wildman–Crippen LogP) is 5.62. The van der Waals surface area contributed by atoms with E-state index in [2.05, 4.69) is 56.6 Å². The molecule has 0 spiro atoms. The summed E-state index contributed by atoms with van der Waals surface area (Å²) in [5, 5.41) is 14.4. The first-order valence-electron chi connectivity index (χ1n) is 11.8. The smallest absolute Gasteiger partial charge is 0.407 e. The van der Waals surface area contributed by atoms with E-state index in [-0.39, 0.29) is 18.7 Å². The van der Waals surface area contributed by atoms with Crippen LogP contribution in [0, 0.1) is 0 Å². The number of amides is 2. The van der Waals surface area contributed by atoms with Crippen LogP contribution in [0.4, 0.5) is 4.79 Å². The number of alkyl carbamates (subject to hydrolysis) is 1. The van der Waals surface area contributed by atoms with Gasteiger partial charge in [0.05, 0.1) is 0 Å².